The van der Waals surface area contributed by atoms with Crippen LogP contribution in [-0.2, 0) is 4.79 Å². The van der Waals surface area contributed by atoms with Gasteiger partial charge in [-0.25, -0.2) is 0 Å². The highest BCUT2D eigenvalue weighted by Crippen LogP contribution is 2.08. The minimum absolute atomic E-state index is 0.0665. The molecule has 1 heterocycles. The summed E-state index contributed by atoms with van der Waals surface area (Å²) in [4.78, 5) is 11.5. The van der Waals surface area contributed by atoms with Crippen molar-refractivity contribution in [2.45, 2.75) is 20.8 Å². The fourth-order valence-electron chi connectivity index (χ4n) is 1.71. The van der Waals surface area contributed by atoms with Crippen LogP contribution in [0.2, 0.25) is 0 Å². The van der Waals surface area contributed by atoms with Crippen LogP contribution in [0.1, 0.15) is 18.3 Å². The van der Waals surface area contributed by atoms with Crippen molar-refractivity contribution in [1.29, 1.82) is 5.41 Å². The predicted octanol–water partition coefficient (Wildman–Crippen LogP) is 2.39. The molecule has 1 aromatic rings. The van der Waals surface area contributed by atoms with Crippen molar-refractivity contribution < 1.29 is 4.79 Å². The lowest BCUT2D eigenvalue weighted by Crippen LogP contribution is -2.23. The largest absolute Gasteiger partial charge is 0.381 e. The minimum Gasteiger partial charge on any atom is -0.381 e. The number of aromatic nitrogens is 1. The number of halogens is 1. The number of hydrogen-bond donors (Lipinski definition) is 2. The minimum atomic E-state index is -0.0665. The summed E-state index contributed by atoms with van der Waals surface area (Å²) in [5.74, 6) is 0.227. The summed E-state index contributed by atoms with van der Waals surface area (Å²) in [6.45, 7) is 6.03. The Morgan fingerprint density at radius 3 is 2.44 bits per heavy atom. The molecule has 0 unspecified atom stereocenters. The highest BCUT2D eigenvalue weighted by atomic mass is 79.9. The van der Waals surface area contributed by atoms with Gasteiger partial charge in [0.25, 0.3) is 0 Å². The molecular weight excluding hydrogens is 294 g/mol. The molecule has 0 atom stereocenters. The fourth-order valence-corrected chi connectivity index (χ4v) is 1.91. The molecule has 0 saturated heterocycles. The molecule has 0 saturated carbocycles. The highest BCUT2D eigenvalue weighted by Gasteiger charge is 2.08. The second-order valence-electron chi connectivity index (χ2n) is 4.07. The molecule has 0 radical (unpaired) electrons. The zero-order chi connectivity index (χ0) is 13.7. The molecule has 98 valence electrons. The molecule has 2 N–H and O–H groups in total. The van der Waals surface area contributed by atoms with Gasteiger partial charge in [0.15, 0.2) is 5.78 Å². The molecule has 0 fully saturated rings. The van der Waals surface area contributed by atoms with Crippen LogP contribution >= 0.6 is 15.9 Å². The van der Waals surface area contributed by atoms with Gasteiger partial charge in [-0.3, -0.25) is 10.2 Å². The number of allylic oxidation sites excluding steroid dienone is 2. The van der Waals surface area contributed by atoms with Crippen molar-refractivity contribution in [2.75, 3.05) is 11.9 Å². The topological polar surface area (TPSA) is 57.9 Å². The maximum atomic E-state index is 11.5. The van der Waals surface area contributed by atoms with Crippen molar-refractivity contribution in [1.82, 2.24) is 9.88 Å². The van der Waals surface area contributed by atoms with Gasteiger partial charge in [0.2, 0.25) is 0 Å². The molecule has 0 aromatic carbocycles. The molecule has 0 aliphatic carbocycles. The van der Waals surface area contributed by atoms with E-state index >= 15 is 0 Å². The Morgan fingerprint density at radius 1 is 1.44 bits per heavy atom. The number of alkyl halides is 1. The predicted molar refractivity (Wildman–Crippen MR) is 77.6 cm³/mol. The fraction of sp³-hybridized carbons (Fsp3) is 0.385. The summed E-state index contributed by atoms with van der Waals surface area (Å²) >= 11 is 3.30. The smallest absolute Gasteiger partial charge is 0.175 e. The standard InChI is InChI=1S/C13H18BrN3O/c1-9-4-5-10(2)17(9)13(15)8-12(11(3)18)16-7-6-14/h4-5,8,15-16H,6-7H2,1-3H3/b12-8-,15-13?. The summed E-state index contributed by atoms with van der Waals surface area (Å²) in [6.07, 6.45) is 1.57. The maximum Gasteiger partial charge on any atom is 0.175 e. The van der Waals surface area contributed by atoms with Crippen LogP contribution in [0.3, 0.4) is 0 Å². The normalized spacial score (nSPS) is 11.4. The Bertz CT molecular complexity index is 469. The molecular formula is C13H18BrN3O. The summed E-state index contributed by atoms with van der Waals surface area (Å²) < 4.78 is 1.80. The van der Waals surface area contributed by atoms with Gasteiger partial charge in [-0.1, -0.05) is 15.9 Å². The Kier molecular flexibility index (Phi) is 5.34. The molecule has 0 spiro atoms. The van der Waals surface area contributed by atoms with Gasteiger partial charge >= 0.3 is 0 Å². The van der Waals surface area contributed by atoms with Crippen LogP contribution in [0.25, 0.3) is 0 Å². The Labute approximate surface area is 116 Å². The first-order valence-corrected chi connectivity index (χ1v) is 6.86. The second kappa shape index (κ2) is 6.54. The number of carbonyl (C=O) groups excluding carboxylic acids is 1. The summed E-state index contributed by atoms with van der Waals surface area (Å²) in [5, 5.41) is 11.8. The first-order valence-electron chi connectivity index (χ1n) is 5.73. The second-order valence-corrected chi connectivity index (χ2v) is 4.86. The van der Waals surface area contributed by atoms with Crippen LogP contribution in [0.5, 0.6) is 0 Å². The zero-order valence-corrected chi connectivity index (χ0v) is 12.5. The number of nitrogens with one attached hydrogen (secondary N) is 2. The Hall–Kier alpha value is -1.36. The third kappa shape index (κ3) is 3.57. The quantitative estimate of drug-likeness (QED) is 0.380. The van der Waals surface area contributed by atoms with Gasteiger partial charge in [0.1, 0.15) is 5.84 Å². The molecule has 0 amide bonds. The van der Waals surface area contributed by atoms with Crippen molar-refractivity contribution in [3.63, 3.8) is 0 Å². The van der Waals surface area contributed by atoms with Crippen LogP contribution < -0.4 is 5.32 Å². The van der Waals surface area contributed by atoms with Crippen molar-refractivity contribution in [2.24, 2.45) is 0 Å². The maximum absolute atomic E-state index is 11.5. The van der Waals surface area contributed by atoms with Crippen LogP contribution in [0.15, 0.2) is 23.9 Å². The van der Waals surface area contributed by atoms with E-state index in [0.29, 0.717) is 18.1 Å². The molecule has 0 aliphatic rings. The van der Waals surface area contributed by atoms with E-state index in [1.807, 2.05) is 26.0 Å². The van der Waals surface area contributed by atoms with Crippen molar-refractivity contribution >= 4 is 27.5 Å². The average Bonchev–Trinajstić information content (AvgIpc) is 2.63. The Balaban J connectivity index is 2.98. The number of hydrogen-bond acceptors (Lipinski definition) is 3. The molecule has 0 aliphatic heterocycles. The van der Waals surface area contributed by atoms with E-state index in [9.17, 15) is 4.79 Å². The molecule has 1 rings (SSSR count). The van der Waals surface area contributed by atoms with Crippen molar-refractivity contribution in [3.05, 3.63) is 35.3 Å². The van der Waals surface area contributed by atoms with E-state index in [4.69, 9.17) is 5.41 Å². The van der Waals surface area contributed by atoms with Gasteiger partial charge in [-0.15, -0.1) is 0 Å². The lowest BCUT2D eigenvalue weighted by atomic mass is 10.2. The van der Waals surface area contributed by atoms with E-state index in [-0.39, 0.29) is 5.78 Å². The summed E-state index contributed by atoms with van der Waals surface area (Å²) in [5.41, 5.74) is 2.43. The van der Waals surface area contributed by atoms with Gasteiger partial charge in [0, 0.05) is 36.3 Å². The molecule has 5 heteroatoms. The molecule has 1 aromatic heterocycles. The summed E-state index contributed by atoms with van der Waals surface area (Å²) in [7, 11) is 0. The molecule has 4 nitrogen and oxygen atoms in total. The monoisotopic (exact) mass is 311 g/mol. The first-order chi connectivity index (χ1) is 8.47. The van der Waals surface area contributed by atoms with E-state index < -0.39 is 0 Å². The van der Waals surface area contributed by atoms with Crippen molar-refractivity contribution in [3.8, 4) is 0 Å². The third-order valence-electron chi connectivity index (χ3n) is 2.58. The number of ketones is 1. The Morgan fingerprint density at radius 2 is 2.00 bits per heavy atom. The van der Waals surface area contributed by atoms with E-state index in [1.54, 1.807) is 10.6 Å². The van der Waals surface area contributed by atoms with Gasteiger partial charge in [-0.05, 0) is 26.0 Å². The van der Waals surface area contributed by atoms with Gasteiger partial charge < -0.3 is 9.88 Å². The van der Waals surface area contributed by atoms with Gasteiger partial charge in [0.05, 0.1) is 5.70 Å². The third-order valence-corrected chi connectivity index (χ3v) is 2.98. The number of Topliss-reactive ketones (excluding diaryl/α,β-unsaturated/α-hetero) is 1. The number of rotatable bonds is 5. The first kappa shape index (κ1) is 14.7. The van der Waals surface area contributed by atoms with E-state index in [2.05, 4.69) is 21.2 Å². The highest BCUT2D eigenvalue weighted by molar-refractivity contribution is 9.09. The van der Waals surface area contributed by atoms with E-state index in [0.717, 1.165) is 16.7 Å². The van der Waals surface area contributed by atoms with Crippen LogP contribution in [0.4, 0.5) is 0 Å². The lowest BCUT2D eigenvalue weighted by Gasteiger charge is -2.10. The molecule has 0 bridgehead atoms. The zero-order valence-electron chi connectivity index (χ0n) is 10.9. The number of aryl methyl sites for hydroxylation is 2. The SMILES string of the molecule is CC(=O)/C(=C/C(=N)n1c(C)ccc1C)NCCBr. The van der Waals surface area contributed by atoms with Crippen LogP contribution in [0, 0.1) is 19.3 Å². The lowest BCUT2D eigenvalue weighted by molar-refractivity contribution is -0.113. The number of nitrogens with zero attached hydrogens (tertiary/aromatic N) is 1. The van der Waals surface area contributed by atoms with Gasteiger partial charge in [-0.2, -0.15) is 0 Å². The average molecular weight is 312 g/mol. The number of carbonyl (C=O) groups is 1. The van der Waals surface area contributed by atoms with E-state index in [1.165, 1.54) is 6.92 Å². The molecule has 18 heavy (non-hydrogen) atoms. The summed E-state index contributed by atoms with van der Waals surface area (Å²) in [6, 6.07) is 3.91. The van der Waals surface area contributed by atoms with Crippen LogP contribution in [-0.4, -0.2) is 28.1 Å².